The lowest BCUT2D eigenvalue weighted by Crippen LogP contribution is -2.45. The van der Waals surface area contributed by atoms with Crippen molar-refractivity contribution in [2.24, 2.45) is 0 Å². The summed E-state index contributed by atoms with van der Waals surface area (Å²) in [5.41, 5.74) is 0. The summed E-state index contributed by atoms with van der Waals surface area (Å²) in [4.78, 5) is 1.12. The molecule has 0 aliphatic carbocycles. The number of ether oxygens (including phenoxy) is 1. The molecule has 0 saturated carbocycles. The van der Waals surface area contributed by atoms with Gasteiger partial charge in [0, 0.05) is 18.0 Å². The number of rotatable bonds is 6. The summed E-state index contributed by atoms with van der Waals surface area (Å²) < 4.78 is 33.2. The number of hydrogen-bond acceptors (Lipinski definition) is 5. The fourth-order valence-electron chi connectivity index (χ4n) is 2.92. The van der Waals surface area contributed by atoms with Crippen molar-refractivity contribution in [3.05, 3.63) is 17.0 Å². The summed E-state index contributed by atoms with van der Waals surface area (Å²) in [6.07, 6.45) is 3.02. The molecule has 0 spiro atoms. The largest absolute Gasteiger partial charge is 0.372 e. The summed E-state index contributed by atoms with van der Waals surface area (Å²) >= 11 is 1.40. The van der Waals surface area contributed by atoms with Crippen molar-refractivity contribution >= 4 is 21.4 Å². The molecule has 1 N–H and O–H groups in total. The van der Waals surface area contributed by atoms with Crippen LogP contribution in [-0.4, -0.2) is 51.1 Å². The van der Waals surface area contributed by atoms with Gasteiger partial charge in [-0.15, -0.1) is 11.3 Å². The van der Waals surface area contributed by atoms with Gasteiger partial charge in [-0.2, -0.15) is 4.31 Å². The Morgan fingerprint density at radius 2 is 2.05 bits per heavy atom. The standard InChI is InChI=1S/C14H22N2O3S2/c1-2-15-8-7-13-5-6-14(20-13)21(17,18)16-9-11-3-4-12(10-16)19-11/h5-6,11-12,15H,2-4,7-10H2,1H3. The Balaban J connectivity index is 1.70. The quantitative estimate of drug-likeness (QED) is 0.802. The van der Waals surface area contributed by atoms with Crippen LogP contribution in [0.15, 0.2) is 16.3 Å². The molecular formula is C14H22N2O3S2. The van der Waals surface area contributed by atoms with Crippen molar-refractivity contribution in [3.63, 3.8) is 0 Å². The second-order valence-electron chi connectivity index (χ2n) is 5.60. The molecule has 0 radical (unpaired) electrons. The summed E-state index contributed by atoms with van der Waals surface area (Å²) in [6, 6.07) is 3.68. The average molecular weight is 330 g/mol. The molecule has 21 heavy (non-hydrogen) atoms. The number of sulfonamides is 1. The number of nitrogens with one attached hydrogen (secondary N) is 1. The molecule has 1 aromatic rings. The van der Waals surface area contributed by atoms with E-state index in [4.69, 9.17) is 4.74 Å². The van der Waals surface area contributed by atoms with E-state index in [9.17, 15) is 8.42 Å². The van der Waals surface area contributed by atoms with Crippen LogP contribution in [0.2, 0.25) is 0 Å². The van der Waals surface area contributed by atoms with Crippen molar-refractivity contribution in [1.29, 1.82) is 0 Å². The second kappa shape index (κ2) is 6.34. The van der Waals surface area contributed by atoms with Gasteiger partial charge in [0.2, 0.25) is 0 Å². The molecule has 0 amide bonds. The second-order valence-corrected chi connectivity index (χ2v) is 8.94. The maximum Gasteiger partial charge on any atom is 0.252 e. The molecular weight excluding hydrogens is 308 g/mol. The van der Waals surface area contributed by atoms with Crippen LogP contribution in [0.25, 0.3) is 0 Å². The molecule has 118 valence electrons. The zero-order valence-electron chi connectivity index (χ0n) is 12.2. The van der Waals surface area contributed by atoms with Crippen LogP contribution < -0.4 is 5.32 Å². The van der Waals surface area contributed by atoms with Gasteiger partial charge in [-0.05, 0) is 44.5 Å². The van der Waals surface area contributed by atoms with E-state index in [1.165, 1.54) is 11.3 Å². The Morgan fingerprint density at radius 3 is 2.71 bits per heavy atom. The van der Waals surface area contributed by atoms with E-state index < -0.39 is 10.0 Å². The molecule has 7 heteroatoms. The SMILES string of the molecule is CCNCCc1ccc(S(=O)(=O)N2CC3CCC(C2)O3)s1. The predicted molar refractivity (Wildman–Crippen MR) is 83.2 cm³/mol. The van der Waals surface area contributed by atoms with E-state index in [2.05, 4.69) is 12.2 Å². The summed E-state index contributed by atoms with van der Waals surface area (Å²) in [5, 5.41) is 3.26. The van der Waals surface area contributed by atoms with Crippen LogP contribution >= 0.6 is 11.3 Å². The molecule has 2 unspecified atom stereocenters. The van der Waals surface area contributed by atoms with Gasteiger partial charge in [-0.25, -0.2) is 8.42 Å². The van der Waals surface area contributed by atoms with Gasteiger partial charge in [0.05, 0.1) is 12.2 Å². The molecule has 3 heterocycles. The van der Waals surface area contributed by atoms with Gasteiger partial charge < -0.3 is 10.1 Å². The third-order valence-electron chi connectivity index (χ3n) is 4.04. The number of morpholine rings is 1. The molecule has 2 saturated heterocycles. The fraction of sp³-hybridized carbons (Fsp3) is 0.714. The third kappa shape index (κ3) is 3.32. The first kappa shape index (κ1) is 15.4. The van der Waals surface area contributed by atoms with E-state index in [0.717, 1.165) is 37.2 Å². The maximum atomic E-state index is 12.7. The number of hydrogen-bond donors (Lipinski definition) is 1. The highest BCUT2D eigenvalue weighted by molar-refractivity contribution is 7.91. The highest BCUT2D eigenvalue weighted by atomic mass is 32.2. The van der Waals surface area contributed by atoms with E-state index in [1.807, 2.05) is 6.07 Å². The summed E-state index contributed by atoms with van der Waals surface area (Å²) in [5.74, 6) is 0. The minimum Gasteiger partial charge on any atom is -0.372 e. The first-order valence-electron chi connectivity index (χ1n) is 7.54. The summed E-state index contributed by atoms with van der Waals surface area (Å²) in [6.45, 7) is 4.90. The minimum absolute atomic E-state index is 0.0895. The third-order valence-corrected chi connectivity index (χ3v) is 7.48. The molecule has 2 aliphatic rings. The minimum atomic E-state index is -3.35. The van der Waals surface area contributed by atoms with Crippen LogP contribution in [-0.2, 0) is 21.2 Å². The summed E-state index contributed by atoms with van der Waals surface area (Å²) in [7, 11) is -3.35. The fourth-order valence-corrected chi connectivity index (χ4v) is 5.93. The van der Waals surface area contributed by atoms with Gasteiger partial charge in [0.1, 0.15) is 4.21 Å². The molecule has 3 rings (SSSR count). The molecule has 5 nitrogen and oxygen atoms in total. The molecule has 1 aromatic heterocycles. The van der Waals surface area contributed by atoms with Crippen LogP contribution in [0.3, 0.4) is 0 Å². The van der Waals surface area contributed by atoms with Crippen molar-refractivity contribution in [3.8, 4) is 0 Å². The van der Waals surface area contributed by atoms with Gasteiger partial charge >= 0.3 is 0 Å². The van der Waals surface area contributed by atoms with Gasteiger partial charge in [-0.1, -0.05) is 6.92 Å². The first-order chi connectivity index (χ1) is 10.1. The maximum absolute atomic E-state index is 12.7. The predicted octanol–water partition coefficient (Wildman–Crippen LogP) is 1.45. The van der Waals surface area contributed by atoms with Gasteiger partial charge in [0.25, 0.3) is 10.0 Å². The molecule has 0 aromatic carbocycles. The number of likely N-dealkylation sites (N-methyl/N-ethyl adjacent to an activating group) is 1. The Morgan fingerprint density at radius 1 is 1.33 bits per heavy atom. The first-order valence-corrected chi connectivity index (χ1v) is 9.80. The monoisotopic (exact) mass is 330 g/mol. The zero-order chi connectivity index (χ0) is 14.9. The van der Waals surface area contributed by atoms with E-state index >= 15 is 0 Å². The van der Waals surface area contributed by atoms with Crippen molar-refractivity contribution in [1.82, 2.24) is 9.62 Å². The topological polar surface area (TPSA) is 58.6 Å². The van der Waals surface area contributed by atoms with E-state index in [1.54, 1.807) is 10.4 Å². The van der Waals surface area contributed by atoms with Crippen molar-refractivity contribution in [2.75, 3.05) is 26.2 Å². The highest BCUT2D eigenvalue weighted by Gasteiger charge is 2.39. The lowest BCUT2D eigenvalue weighted by atomic mass is 10.2. The van der Waals surface area contributed by atoms with E-state index in [-0.39, 0.29) is 12.2 Å². The van der Waals surface area contributed by atoms with Gasteiger partial charge in [0.15, 0.2) is 0 Å². The van der Waals surface area contributed by atoms with Gasteiger partial charge in [-0.3, -0.25) is 0 Å². The Kier molecular flexibility index (Phi) is 4.66. The Labute approximate surface area is 130 Å². The lowest BCUT2D eigenvalue weighted by Gasteiger charge is -2.30. The Bertz CT molecular complexity index is 573. The number of fused-ring (bicyclic) bond motifs is 2. The average Bonchev–Trinajstić information content (AvgIpc) is 3.06. The van der Waals surface area contributed by atoms with Crippen LogP contribution in [0.4, 0.5) is 0 Å². The molecule has 2 bridgehead atoms. The molecule has 2 atom stereocenters. The zero-order valence-corrected chi connectivity index (χ0v) is 13.9. The number of nitrogens with zero attached hydrogens (tertiary/aromatic N) is 1. The molecule has 2 aliphatic heterocycles. The van der Waals surface area contributed by atoms with Crippen molar-refractivity contribution < 1.29 is 13.2 Å². The van der Waals surface area contributed by atoms with Crippen LogP contribution in [0.1, 0.15) is 24.6 Å². The molecule has 2 fully saturated rings. The normalized spacial score (nSPS) is 26.3. The van der Waals surface area contributed by atoms with Crippen molar-refractivity contribution in [2.45, 2.75) is 42.6 Å². The lowest BCUT2D eigenvalue weighted by molar-refractivity contribution is -0.0114. The van der Waals surface area contributed by atoms with Crippen LogP contribution in [0.5, 0.6) is 0 Å². The highest BCUT2D eigenvalue weighted by Crippen LogP contribution is 2.32. The van der Waals surface area contributed by atoms with Crippen LogP contribution in [0, 0.1) is 0 Å². The smallest absolute Gasteiger partial charge is 0.252 e. The van der Waals surface area contributed by atoms with E-state index in [0.29, 0.717) is 17.3 Å². The number of thiophene rings is 1. The Hall–Kier alpha value is -0.470.